The molecule has 0 heteroatoms. The second-order valence-electron chi connectivity index (χ2n) is 14.4. The van der Waals surface area contributed by atoms with Gasteiger partial charge >= 0.3 is 0 Å². The first-order valence-corrected chi connectivity index (χ1v) is 17.4. The lowest BCUT2D eigenvalue weighted by Gasteiger charge is -2.25. The average Bonchev–Trinajstić information content (AvgIpc) is 3.61. The van der Waals surface area contributed by atoms with Crippen LogP contribution >= 0.6 is 0 Å². The van der Waals surface area contributed by atoms with Crippen LogP contribution in [-0.2, 0) is 5.41 Å². The topological polar surface area (TPSA) is 0 Å². The minimum absolute atomic E-state index is 0.169. The van der Waals surface area contributed by atoms with Crippen LogP contribution in [0.3, 0.4) is 0 Å². The highest BCUT2D eigenvalue weighted by Gasteiger charge is 2.40. The summed E-state index contributed by atoms with van der Waals surface area (Å²) in [5.74, 6) is 0. The Morgan fingerprint density at radius 2 is 0.816 bits per heavy atom. The van der Waals surface area contributed by atoms with Gasteiger partial charge < -0.3 is 0 Å². The Balaban J connectivity index is 1.16. The summed E-state index contributed by atoms with van der Waals surface area (Å²) in [6, 6.07) is 59.1. The Bertz CT molecular complexity index is 2870. The molecule has 0 radical (unpaired) electrons. The average molecular weight is 621 g/mol. The fraction of sp³-hybridized carbons (Fsp3) is 0.0612. The summed E-state index contributed by atoms with van der Waals surface area (Å²) in [7, 11) is 0. The fourth-order valence-electron chi connectivity index (χ4n) is 9.48. The van der Waals surface area contributed by atoms with Gasteiger partial charge in [0.1, 0.15) is 0 Å². The molecule has 11 rings (SSSR count). The van der Waals surface area contributed by atoms with Crippen molar-refractivity contribution in [1.29, 1.82) is 0 Å². The highest BCUT2D eigenvalue weighted by Crippen LogP contribution is 2.58. The van der Waals surface area contributed by atoms with Gasteiger partial charge in [0.05, 0.1) is 0 Å². The molecular weight excluding hydrogens is 589 g/mol. The zero-order chi connectivity index (χ0) is 32.4. The van der Waals surface area contributed by atoms with Gasteiger partial charge in [0, 0.05) is 5.41 Å². The van der Waals surface area contributed by atoms with E-state index in [1.165, 1.54) is 110 Å². The van der Waals surface area contributed by atoms with Gasteiger partial charge in [-0.25, -0.2) is 0 Å². The van der Waals surface area contributed by atoms with Gasteiger partial charge in [-0.05, 0) is 122 Å². The van der Waals surface area contributed by atoms with E-state index in [4.69, 9.17) is 0 Å². The predicted octanol–water partition coefficient (Wildman–Crippen LogP) is 13.6. The Morgan fingerprint density at radius 3 is 1.55 bits per heavy atom. The molecule has 49 heavy (non-hydrogen) atoms. The van der Waals surface area contributed by atoms with Crippen molar-refractivity contribution in [3.63, 3.8) is 0 Å². The van der Waals surface area contributed by atoms with Crippen LogP contribution in [0.4, 0.5) is 0 Å². The van der Waals surface area contributed by atoms with E-state index >= 15 is 0 Å². The monoisotopic (exact) mass is 620 g/mol. The van der Waals surface area contributed by atoms with Crippen LogP contribution in [-0.4, -0.2) is 0 Å². The molecule has 2 aliphatic rings. The molecule has 0 aliphatic heterocycles. The Labute approximate surface area is 285 Å². The molecule has 9 aromatic rings. The van der Waals surface area contributed by atoms with Gasteiger partial charge in [-0.15, -0.1) is 0 Å². The number of rotatable bonds is 2. The highest BCUT2D eigenvalue weighted by molar-refractivity contribution is 6.23. The van der Waals surface area contributed by atoms with E-state index in [9.17, 15) is 0 Å². The molecule has 0 spiro atoms. The minimum atomic E-state index is -0.169. The van der Waals surface area contributed by atoms with Crippen LogP contribution in [0.5, 0.6) is 0 Å². The third-order valence-electron chi connectivity index (χ3n) is 11.6. The zero-order valence-electron chi connectivity index (χ0n) is 27.5. The lowest BCUT2D eigenvalue weighted by Crippen LogP contribution is -2.16. The van der Waals surface area contributed by atoms with Crippen LogP contribution in [0.15, 0.2) is 158 Å². The highest BCUT2D eigenvalue weighted by atomic mass is 14.4. The summed E-state index contributed by atoms with van der Waals surface area (Å²) in [6.07, 6.45) is 0. The molecule has 0 heterocycles. The molecule has 0 amide bonds. The van der Waals surface area contributed by atoms with E-state index < -0.39 is 0 Å². The van der Waals surface area contributed by atoms with Crippen LogP contribution in [0.1, 0.15) is 25.0 Å². The molecule has 0 saturated carbocycles. The molecule has 0 aromatic heterocycles. The van der Waals surface area contributed by atoms with E-state index in [0.29, 0.717) is 0 Å². The van der Waals surface area contributed by atoms with Gasteiger partial charge in [-0.1, -0.05) is 159 Å². The quantitative estimate of drug-likeness (QED) is 0.169. The molecule has 0 nitrogen and oxygen atoms in total. The molecule has 228 valence electrons. The van der Waals surface area contributed by atoms with Gasteiger partial charge in [-0.3, -0.25) is 0 Å². The van der Waals surface area contributed by atoms with E-state index in [2.05, 4.69) is 172 Å². The number of benzene rings is 9. The SMILES string of the molecule is CC1(C)c2cc(-c3cccc(-c4ccc5c6c(cccc46)-c4ccccc4-5)c3)c3ccccc3c2-c2c1c1ccccc1c1ccccc21. The first-order chi connectivity index (χ1) is 24.1. The Hall–Kier alpha value is -5.98. The smallest absolute Gasteiger partial charge is 0.0165 e. The summed E-state index contributed by atoms with van der Waals surface area (Å²) in [6.45, 7) is 4.86. The first-order valence-electron chi connectivity index (χ1n) is 17.4. The maximum absolute atomic E-state index is 2.52. The van der Waals surface area contributed by atoms with Gasteiger partial charge in [-0.2, -0.15) is 0 Å². The van der Waals surface area contributed by atoms with Crippen molar-refractivity contribution in [2.24, 2.45) is 0 Å². The summed E-state index contributed by atoms with van der Waals surface area (Å²) in [5.41, 5.74) is 15.9. The van der Waals surface area contributed by atoms with Crippen molar-refractivity contribution >= 4 is 43.1 Å². The summed E-state index contributed by atoms with van der Waals surface area (Å²) in [4.78, 5) is 0. The van der Waals surface area contributed by atoms with Gasteiger partial charge in [0.2, 0.25) is 0 Å². The second-order valence-corrected chi connectivity index (χ2v) is 14.4. The van der Waals surface area contributed by atoms with E-state index in [1.807, 2.05) is 0 Å². The van der Waals surface area contributed by atoms with Crippen LogP contribution in [0, 0.1) is 0 Å². The summed E-state index contributed by atoms with van der Waals surface area (Å²) >= 11 is 0. The molecule has 9 aromatic carbocycles. The molecule has 2 aliphatic carbocycles. The van der Waals surface area contributed by atoms with Crippen molar-refractivity contribution in [2.45, 2.75) is 19.3 Å². The molecule has 0 saturated heterocycles. The largest absolute Gasteiger partial charge is 0.0616 e. The Kier molecular flexibility index (Phi) is 5.27. The lowest BCUT2D eigenvalue weighted by molar-refractivity contribution is 0.667. The standard InChI is InChI=1S/C49H32/c1-49(2)44-28-43(30-14-11-13-29(27-30)31-25-26-41-33-16-4-3-15-32(33)38-24-12-23-37(31)45(38)41)36-19-6-8-20-39(36)46(44)47-40-21-9-5-17-34(40)35-18-7-10-22-42(35)48(47)49/h3-28H,1-2H3. The van der Waals surface area contributed by atoms with Crippen molar-refractivity contribution in [2.75, 3.05) is 0 Å². The molecule has 0 fully saturated rings. The third kappa shape index (κ3) is 3.48. The van der Waals surface area contributed by atoms with Crippen molar-refractivity contribution in [1.82, 2.24) is 0 Å². The van der Waals surface area contributed by atoms with Gasteiger partial charge in [0.15, 0.2) is 0 Å². The molecular formula is C49H32. The maximum Gasteiger partial charge on any atom is 0.0165 e. The fourth-order valence-corrected chi connectivity index (χ4v) is 9.48. The number of hydrogen-bond acceptors (Lipinski definition) is 0. The van der Waals surface area contributed by atoms with Crippen molar-refractivity contribution in [3.05, 3.63) is 169 Å². The zero-order valence-corrected chi connectivity index (χ0v) is 27.5. The van der Waals surface area contributed by atoms with Crippen LogP contribution in [0.25, 0.3) is 98.7 Å². The van der Waals surface area contributed by atoms with Crippen molar-refractivity contribution < 1.29 is 0 Å². The second kappa shape index (κ2) is 9.56. The summed E-state index contributed by atoms with van der Waals surface area (Å²) < 4.78 is 0. The minimum Gasteiger partial charge on any atom is -0.0616 e. The third-order valence-corrected chi connectivity index (χ3v) is 11.6. The lowest BCUT2D eigenvalue weighted by atomic mass is 9.78. The van der Waals surface area contributed by atoms with E-state index in [-0.39, 0.29) is 5.41 Å². The van der Waals surface area contributed by atoms with Crippen LogP contribution < -0.4 is 0 Å². The maximum atomic E-state index is 2.52. The van der Waals surface area contributed by atoms with E-state index in [1.54, 1.807) is 0 Å². The van der Waals surface area contributed by atoms with E-state index in [0.717, 1.165) is 0 Å². The number of fused-ring (bicyclic) bond motifs is 13. The molecule has 0 unspecified atom stereocenters. The molecule has 0 atom stereocenters. The predicted molar refractivity (Wildman–Crippen MR) is 209 cm³/mol. The Morgan fingerprint density at radius 1 is 0.327 bits per heavy atom. The molecule has 0 bridgehead atoms. The molecule has 0 N–H and O–H groups in total. The van der Waals surface area contributed by atoms with Gasteiger partial charge in [0.25, 0.3) is 0 Å². The first kappa shape index (κ1) is 27.0. The van der Waals surface area contributed by atoms with Crippen LogP contribution in [0.2, 0.25) is 0 Å². The van der Waals surface area contributed by atoms with Crippen molar-refractivity contribution in [3.8, 4) is 55.6 Å². The number of hydrogen-bond donors (Lipinski definition) is 0. The normalized spacial score (nSPS) is 13.7. The summed E-state index contributed by atoms with van der Waals surface area (Å²) in [5, 5.41) is 10.7.